The summed E-state index contributed by atoms with van der Waals surface area (Å²) in [7, 11) is 3.60. The zero-order valence-electron chi connectivity index (χ0n) is 11.3. The van der Waals surface area contributed by atoms with Crippen LogP contribution in [0.5, 0.6) is 0 Å². The molecule has 5 nitrogen and oxygen atoms in total. The minimum atomic E-state index is -0.115. The van der Waals surface area contributed by atoms with Crippen LogP contribution in [0, 0.1) is 6.92 Å². The fraction of sp³-hybridized carbons (Fsp3) is 0.615. The maximum absolute atomic E-state index is 12.2. The normalized spacial score (nSPS) is 19.7. The van der Waals surface area contributed by atoms with E-state index < -0.39 is 0 Å². The summed E-state index contributed by atoms with van der Waals surface area (Å²) >= 11 is 0. The van der Waals surface area contributed by atoms with Crippen molar-refractivity contribution in [3.05, 3.63) is 18.0 Å². The summed E-state index contributed by atoms with van der Waals surface area (Å²) in [4.78, 5) is 24.6. The molecule has 98 valence electrons. The van der Waals surface area contributed by atoms with Gasteiger partial charge in [-0.2, -0.15) is 0 Å². The van der Waals surface area contributed by atoms with Gasteiger partial charge in [0.2, 0.25) is 11.9 Å². The Bertz CT molecular complexity index is 433. The lowest BCUT2D eigenvalue weighted by molar-refractivity contribution is -0.130. The molecular formula is C13H20N4O. The second kappa shape index (κ2) is 5.33. The number of hydrogen-bond donors (Lipinski definition) is 0. The van der Waals surface area contributed by atoms with Crippen LogP contribution >= 0.6 is 0 Å². The average molecular weight is 248 g/mol. The molecule has 1 atom stereocenters. The van der Waals surface area contributed by atoms with Crippen LogP contribution in [0.1, 0.15) is 25.0 Å². The fourth-order valence-corrected chi connectivity index (χ4v) is 2.30. The molecule has 0 aliphatic carbocycles. The molecule has 1 aliphatic heterocycles. The molecule has 1 unspecified atom stereocenters. The second-order valence-electron chi connectivity index (χ2n) is 4.94. The summed E-state index contributed by atoms with van der Waals surface area (Å²) in [6, 6.07) is 1.76. The number of carbonyl (C=O) groups excluding carboxylic acids is 1. The van der Waals surface area contributed by atoms with Crippen LogP contribution in [0.2, 0.25) is 0 Å². The maximum atomic E-state index is 12.2. The van der Waals surface area contributed by atoms with Gasteiger partial charge in [-0.05, 0) is 32.3 Å². The lowest BCUT2D eigenvalue weighted by Crippen LogP contribution is -2.49. The summed E-state index contributed by atoms with van der Waals surface area (Å²) < 4.78 is 0. The van der Waals surface area contributed by atoms with Crippen LogP contribution in [0.3, 0.4) is 0 Å². The Labute approximate surface area is 108 Å². The molecule has 1 amide bonds. The molecule has 2 rings (SSSR count). The van der Waals surface area contributed by atoms with E-state index >= 15 is 0 Å². The molecule has 5 heteroatoms. The van der Waals surface area contributed by atoms with Crippen LogP contribution in [0.25, 0.3) is 0 Å². The van der Waals surface area contributed by atoms with Crippen molar-refractivity contribution in [3.8, 4) is 0 Å². The number of rotatable bonds is 2. The Kier molecular flexibility index (Phi) is 3.79. The lowest BCUT2D eigenvalue weighted by Gasteiger charge is -2.36. The number of nitrogens with zero attached hydrogens (tertiary/aromatic N) is 4. The van der Waals surface area contributed by atoms with Crippen LogP contribution < -0.4 is 4.90 Å². The Hall–Kier alpha value is -1.65. The largest absolute Gasteiger partial charge is 0.347 e. The van der Waals surface area contributed by atoms with Gasteiger partial charge in [0.05, 0.1) is 0 Å². The van der Waals surface area contributed by atoms with E-state index in [1.165, 1.54) is 0 Å². The van der Waals surface area contributed by atoms with Crippen molar-refractivity contribution in [1.82, 2.24) is 14.9 Å². The predicted molar refractivity (Wildman–Crippen MR) is 70.4 cm³/mol. The monoisotopic (exact) mass is 248 g/mol. The highest BCUT2D eigenvalue weighted by Gasteiger charge is 2.31. The smallest absolute Gasteiger partial charge is 0.244 e. The molecule has 1 aromatic rings. The molecule has 2 heterocycles. The zero-order valence-corrected chi connectivity index (χ0v) is 11.3. The summed E-state index contributed by atoms with van der Waals surface area (Å²) in [5, 5.41) is 0. The standard InChI is InChI=1S/C13H20N4O/c1-10-7-8-14-13(15-10)17-9-5-4-6-11(17)12(18)16(2)3/h7-8,11H,4-6,9H2,1-3H3. The van der Waals surface area contributed by atoms with Gasteiger partial charge in [-0.1, -0.05) is 0 Å². The number of anilines is 1. The number of carbonyl (C=O) groups is 1. The SMILES string of the molecule is Cc1ccnc(N2CCCCC2C(=O)N(C)C)n1. The zero-order chi connectivity index (χ0) is 13.1. The van der Waals surface area contributed by atoms with Gasteiger partial charge in [0, 0.05) is 32.5 Å². The Morgan fingerprint density at radius 3 is 2.89 bits per heavy atom. The first kappa shape index (κ1) is 12.8. The highest BCUT2D eigenvalue weighted by Crippen LogP contribution is 2.22. The molecule has 0 radical (unpaired) electrons. The molecule has 0 aromatic carbocycles. The fourth-order valence-electron chi connectivity index (χ4n) is 2.30. The van der Waals surface area contributed by atoms with E-state index in [-0.39, 0.29) is 11.9 Å². The van der Waals surface area contributed by atoms with Crippen molar-refractivity contribution in [3.63, 3.8) is 0 Å². The molecule has 1 aromatic heterocycles. The Morgan fingerprint density at radius 2 is 2.22 bits per heavy atom. The van der Waals surface area contributed by atoms with Crippen LogP contribution in [-0.4, -0.2) is 47.5 Å². The van der Waals surface area contributed by atoms with E-state index in [0.29, 0.717) is 5.95 Å². The molecule has 0 bridgehead atoms. The van der Waals surface area contributed by atoms with Crippen molar-refractivity contribution in [2.75, 3.05) is 25.5 Å². The second-order valence-corrected chi connectivity index (χ2v) is 4.94. The van der Waals surface area contributed by atoms with Crippen molar-refractivity contribution in [2.24, 2.45) is 0 Å². The third kappa shape index (κ3) is 2.60. The molecule has 0 spiro atoms. The number of piperidine rings is 1. The minimum absolute atomic E-state index is 0.115. The van der Waals surface area contributed by atoms with Crippen LogP contribution in [-0.2, 0) is 4.79 Å². The van der Waals surface area contributed by atoms with Gasteiger partial charge in [0.25, 0.3) is 0 Å². The Morgan fingerprint density at radius 1 is 1.44 bits per heavy atom. The number of likely N-dealkylation sites (N-methyl/N-ethyl adjacent to an activating group) is 1. The van der Waals surface area contributed by atoms with Crippen molar-refractivity contribution >= 4 is 11.9 Å². The molecule has 1 saturated heterocycles. The molecule has 1 fully saturated rings. The van der Waals surface area contributed by atoms with Gasteiger partial charge in [-0.3, -0.25) is 4.79 Å². The highest BCUT2D eigenvalue weighted by molar-refractivity contribution is 5.84. The summed E-state index contributed by atoms with van der Waals surface area (Å²) in [6.45, 7) is 2.80. The molecule has 1 aliphatic rings. The first-order chi connectivity index (χ1) is 8.59. The van der Waals surface area contributed by atoms with Crippen LogP contribution in [0.15, 0.2) is 12.3 Å². The minimum Gasteiger partial charge on any atom is -0.347 e. The third-order valence-electron chi connectivity index (χ3n) is 3.27. The van der Waals surface area contributed by atoms with Gasteiger partial charge < -0.3 is 9.80 Å². The van der Waals surface area contributed by atoms with Gasteiger partial charge >= 0.3 is 0 Å². The topological polar surface area (TPSA) is 49.3 Å². The van der Waals surface area contributed by atoms with Gasteiger partial charge in [-0.15, -0.1) is 0 Å². The maximum Gasteiger partial charge on any atom is 0.244 e. The molecular weight excluding hydrogens is 228 g/mol. The van der Waals surface area contributed by atoms with Crippen molar-refractivity contribution < 1.29 is 4.79 Å². The summed E-state index contributed by atoms with van der Waals surface area (Å²) in [5.74, 6) is 0.815. The molecule has 0 N–H and O–H groups in total. The van der Waals surface area contributed by atoms with E-state index in [9.17, 15) is 4.79 Å². The number of aryl methyl sites for hydroxylation is 1. The summed E-state index contributed by atoms with van der Waals surface area (Å²) in [5.41, 5.74) is 0.932. The van der Waals surface area contributed by atoms with Gasteiger partial charge in [0.1, 0.15) is 6.04 Å². The number of hydrogen-bond acceptors (Lipinski definition) is 4. The first-order valence-corrected chi connectivity index (χ1v) is 6.37. The van der Waals surface area contributed by atoms with E-state index in [4.69, 9.17) is 0 Å². The predicted octanol–water partition coefficient (Wildman–Crippen LogP) is 1.23. The average Bonchev–Trinajstić information content (AvgIpc) is 2.38. The van der Waals surface area contributed by atoms with Gasteiger partial charge in [-0.25, -0.2) is 9.97 Å². The highest BCUT2D eigenvalue weighted by atomic mass is 16.2. The van der Waals surface area contributed by atoms with Crippen molar-refractivity contribution in [1.29, 1.82) is 0 Å². The number of aromatic nitrogens is 2. The first-order valence-electron chi connectivity index (χ1n) is 6.37. The Balaban J connectivity index is 2.25. The van der Waals surface area contributed by atoms with E-state index in [0.717, 1.165) is 31.5 Å². The summed E-state index contributed by atoms with van der Waals surface area (Å²) in [6.07, 6.45) is 4.82. The quantitative estimate of drug-likeness (QED) is 0.790. The molecule has 0 saturated carbocycles. The van der Waals surface area contributed by atoms with Gasteiger partial charge in [0.15, 0.2) is 0 Å². The van der Waals surface area contributed by atoms with E-state index in [2.05, 4.69) is 9.97 Å². The van der Waals surface area contributed by atoms with E-state index in [1.807, 2.05) is 17.9 Å². The van der Waals surface area contributed by atoms with E-state index in [1.54, 1.807) is 25.2 Å². The molecule has 18 heavy (non-hydrogen) atoms. The van der Waals surface area contributed by atoms with Crippen molar-refractivity contribution in [2.45, 2.75) is 32.2 Å². The van der Waals surface area contributed by atoms with Crippen LogP contribution in [0.4, 0.5) is 5.95 Å². The number of amides is 1. The lowest BCUT2D eigenvalue weighted by atomic mass is 10.0. The third-order valence-corrected chi connectivity index (χ3v) is 3.27.